The second-order valence-corrected chi connectivity index (χ2v) is 10.7. The third kappa shape index (κ3) is 3.57. The summed E-state index contributed by atoms with van der Waals surface area (Å²) in [7, 11) is 2.16. The van der Waals surface area contributed by atoms with Gasteiger partial charge in [0.2, 0.25) is 0 Å². The van der Waals surface area contributed by atoms with Crippen LogP contribution in [0.3, 0.4) is 0 Å². The fourth-order valence-corrected chi connectivity index (χ4v) is 6.39. The molecular formula is C38H28N2. The monoisotopic (exact) mass is 512 g/mol. The van der Waals surface area contributed by atoms with Gasteiger partial charge in [-0.25, -0.2) is 0 Å². The third-order valence-corrected chi connectivity index (χ3v) is 8.42. The molecule has 0 atom stereocenters. The van der Waals surface area contributed by atoms with Crippen LogP contribution in [-0.2, 0) is 6.42 Å². The first-order chi connectivity index (χ1) is 19.7. The van der Waals surface area contributed by atoms with Crippen LogP contribution >= 0.6 is 0 Å². The van der Waals surface area contributed by atoms with Crippen LogP contribution in [0.5, 0.6) is 0 Å². The zero-order valence-corrected chi connectivity index (χ0v) is 22.4. The Morgan fingerprint density at radius 3 is 1.93 bits per heavy atom. The van der Waals surface area contributed by atoms with Gasteiger partial charge >= 0.3 is 0 Å². The number of rotatable bonds is 4. The van der Waals surface area contributed by atoms with Crippen molar-refractivity contribution < 1.29 is 0 Å². The lowest BCUT2D eigenvalue weighted by Gasteiger charge is -2.22. The average molecular weight is 513 g/mol. The molecule has 0 fully saturated rings. The van der Waals surface area contributed by atoms with Gasteiger partial charge in [-0.1, -0.05) is 91.0 Å². The molecule has 1 aliphatic rings. The standard InChI is InChI=1S/C38H28N2/c1-39(30-12-8-11-26(23-30)27-20-21-29-22-28-10-2-3-15-33(28)36(29)24-27)31-13-9-14-32(25-31)40-37-18-6-4-16-34(37)35-17-5-7-19-38(35)40/h2-21,23-25H,22H2,1H3. The second-order valence-electron chi connectivity index (χ2n) is 10.7. The SMILES string of the molecule is CN(c1cccc(-c2ccc3c(c2)-c2ccccc2C3)c1)c1cccc(-n2c3ccccc3c3ccccc32)c1. The van der Waals surface area contributed by atoms with Crippen LogP contribution in [0, 0.1) is 0 Å². The van der Waals surface area contributed by atoms with E-state index in [1.54, 1.807) is 0 Å². The van der Waals surface area contributed by atoms with Gasteiger partial charge in [-0.05, 0) is 88.3 Å². The number of nitrogens with zero attached hydrogens (tertiary/aromatic N) is 2. The van der Waals surface area contributed by atoms with Crippen LogP contribution < -0.4 is 4.90 Å². The van der Waals surface area contributed by atoms with Gasteiger partial charge in [-0.3, -0.25) is 0 Å². The van der Waals surface area contributed by atoms with E-state index in [1.807, 2.05) is 0 Å². The number of para-hydroxylation sites is 2. The largest absolute Gasteiger partial charge is 0.345 e. The van der Waals surface area contributed by atoms with Crippen molar-refractivity contribution in [3.05, 3.63) is 151 Å². The lowest BCUT2D eigenvalue weighted by molar-refractivity contribution is 1.15. The van der Waals surface area contributed by atoms with Crippen LogP contribution in [-0.4, -0.2) is 11.6 Å². The Morgan fingerprint density at radius 1 is 0.500 bits per heavy atom. The van der Waals surface area contributed by atoms with Crippen LogP contribution in [0.25, 0.3) is 49.7 Å². The summed E-state index contributed by atoms with van der Waals surface area (Å²) in [6.45, 7) is 0. The lowest BCUT2D eigenvalue weighted by atomic mass is 9.98. The van der Waals surface area contributed by atoms with E-state index in [4.69, 9.17) is 0 Å². The van der Waals surface area contributed by atoms with E-state index in [0.29, 0.717) is 0 Å². The molecule has 0 radical (unpaired) electrons. The van der Waals surface area contributed by atoms with E-state index < -0.39 is 0 Å². The van der Waals surface area contributed by atoms with Crippen molar-refractivity contribution in [1.29, 1.82) is 0 Å². The van der Waals surface area contributed by atoms with Gasteiger partial charge in [0.25, 0.3) is 0 Å². The van der Waals surface area contributed by atoms with Crippen molar-refractivity contribution in [1.82, 2.24) is 4.57 Å². The summed E-state index contributed by atoms with van der Waals surface area (Å²) < 4.78 is 2.38. The van der Waals surface area contributed by atoms with E-state index in [9.17, 15) is 0 Å². The van der Waals surface area contributed by atoms with Gasteiger partial charge in [0, 0.05) is 34.9 Å². The predicted octanol–water partition coefficient (Wildman–Crippen LogP) is 9.79. The lowest BCUT2D eigenvalue weighted by Crippen LogP contribution is -2.10. The predicted molar refractivity (Wildman–Crippen MR) is 169 cm³/mol. The van der Waals surface area contributed by atoms with Crippen molar-refractivity contribution in [2.75, 3.05) is 11.9 Å². The van der Waals surface area contributed by atoms with Gasteiger partial charge in [0.15, 0.2) is 0 Å². The average Bonchev–Trinajstić information content (AvgIpc) is 3.56. The van der Waals surface area contributed by atoms with Crippen molar-refractivity contribution in [2.24, 2.45) is 0 Å². The highest BCUT2D eigenvalue weighted by Crippen LogP contribution is 2.40. The topological polar surface area (TPSA) is 8.17 Å². The first kappa shape index (κ1) is 22.9. The molecule has 0 amide bonds. The highest BCUT2D eigenvalue weighted by atomic mass is 15.1. The quantitative estimate of drug-likeness (QED) is 0.228. The molecule has 0 saturated heterocycles. The summed E-state index contributed by atoms with van der Waals surface area (Å²) in [6.07, 6.45) is 1.02. The number of aromatic nitrogens is 1. The number of benzene rings is 6. The van der Waals surface area contributed by atoms with Crippen LogP contribution in [0.1, 0.15) is 11.1 Å². The van der Waals surface area contributed by atoms with E-state index in [1.165, 1.54) is 55.2 Å². The Labute approximate surface area is 234 Å². The van der Waals surface area contributed by atoms with Crippen molar-refractivity contribution in [3.63, 3.8) is 0 Å². The number of hydrogen-bond acceptors (Lipinski definition) is 1. The van der Waals surface area contributed by atoms with E-state index >= 15 is 0 Å². The molecule has 1 aromatic heterocycles. The zero-order valence-electron chi connectivity index (χ0n) is 22.4. The molecule has 0 spiro atoms. The molecule has 2 nitrogen and oxygen atoms in total. The Morgan fingerprint density at radius 2 is 1.12 bits per heavy atom. The molecule has 8 rings (SSSR count). The highest BCUT2D eigenvalue weighted by molar-refractivity contribution is 6.09. The Bertz CT molecular complexity index is 2010. The number of hydrogen-bond donors (Lipinski definition) is 0. The van der Waals surface area contributed by atoms with Gasteiger partial charge in [-0.2, -0.15) is 0 Å². The minimum absolute atomic E-state index is 1.02. The molecule has 1 aliphatic carbocycles. The Kier molecular flexibility index (Phi) is 5.14. The van der Waals surface area contributed by atoms with Crippen LogP contribution in [0.15, 0.2) is 140 Å². The molecule has 0 aliphatic heterocycles. The van der Waals surface area contributed by atoms with Crippen molar-refractivity contribution in [3.8, 4) is 27.9 Å². The maximum absolute atomic E-state index is 2.38. The molecule has 7 aromatic rings. The maximum Gasteiger partial charge on any atom is 0.0541 e. The third-order valence-electron chi connectivity index (χ3n) is 8.42. The molecule has 0 saturated carbocycles. The molecule has 0 N–H and O–H groups in total. The normalized spacial score (nSPS) is 12.0. The maximum atomic E-state index is 2.38. The fourth-order valence-electron chi connectivity index (χ4n) is 6.39. The summed E-state index contributed by atoms with van der Waals surface area (Å²) in [4.78, 5) is 2.28. The molecule has 40 heavy (non-hydrogen) atoms. The van der Waals surface area contributed by atoms with Crippen LogP contribution in [0.4, 0.5) is 11.4 Å². The first-order valence-corrected chi connectivity index (χ1v) is 13.9. The van der Waals surface area contributed by atoms with Crippen molar-refractivity contribution >= 4 is 33.2 Å². The molecule has 190 valence electrons. The fraction of sp³-hybridized carbons (Fsp3) is 0.0526. The molecule has 6 aromatic carbocycles. The molecular weight excluding hydrogens is 484 g/mol. The highest BCUT2D eigenvalue weighted by Gasteiger charge is 2.18. The molecule has 0 bridgehead atoms. The summed E-state index contributed by atoms with van der Waals surface area (Å²) >= 11 is 0. The Hall–Kier alpha value is -5.08. The first-order valence-electron chi connectivity index (χ1n) is 13.9. The molecule has 1 heterocycles. The molecule has 0 unspecified atom stereocenters. The van der Waals surface area contributed by atoms with Gasteiger partial charge in [0.1, 0.15) is 0 Å². The second kappa shape index (κ2) is 9.00. The summed E-state index contributed by atoms with van der Waals surface area (Å²) in [5.74, 6) is 0. The van der Waals surface area contributed by atoms with Gasteiger partial charge in [-0.15, -0.1) is 0 Å². The van der Waals surface area contributed by atoms with E-state index in [0.717, 1.165) is 23.5 Å². The Balaban J connectivity index is 1.18. The minimum atomic E-state index is 1.02. The summed E-state index contributed by atoms with van der Waals surface area (Å²) in [5.41, 5.74) is 14.0. The summed E-state index contributed by atoms with van der Waals surface area (Å²) in [5, 5.41) is 2.56. The number of anilines is 2. The van der Waals surface area contributed by atoms with Gasteiger partial charge < -0.3 is 9.47 Å². The van der Waals surface area contributed by atoms with E-state index in [-0.39, 0.29) is 0 Å². The van der Waals surface area contributed by atoms with Gasteiger partial charge in [0.05, 0.1) is 11.0 Å². The van der Waals surface area contributed by atoms with Crippen LogP contribution in [0.2, 0.25) is 0 Å². The zero-order chi connectivity index (χ0) is 26.6. The van der Waals surface area contributed by atoms with Crippen molar-refractivity contribution in [2.45, 2.75) is 6.42 Å². The molecule has 2 heteroatoms. The smallest absolute Gasteiger partial charge is 0.0541 e. The minimum Gasteiger partial charge on any atom is -0.345 e. The summed E-state index contributed by atoms with van der Waals surface area (Å²) in [6, 6.07) is 50.8. The number of fused-ring (bicyclic) bond motifs is 6. The van der Waals surface area contributed by atoms with E-state index in [2.05, 4.69) is 156 Å².